The highest BCUT2D eigenvalue weighted by Crippen LogP contribution is 2.11. The highest BCUT2D eigenvalue weighted by atomic mass is 35.5. The Bertz CT molecular complexity index is 414. The number of nitrogens with one attached hydrogen (secondary N) is 2. The number of hydrogen-bond acceptors (Lipinski definition) is 2. The first kappa shape index (κ1) is 15.0. The molecule has 1 aliphatic rings. The van der Waals surface area contributed by atoms with Gasteiger partial charge in [0.15, 0.2) is 0 Å². The molecule has 2 N–H and O–H groups in total. The summed E-state index contributed by atoms with van der Waals surface area (Å²) in [5.41, 5.74) is 3.03. The van der Waals surface area contributed by atoms with Crippen LogP contribution in [-0.2, 0) is 0 Å². The minimum absolute atomic E-state index is 0. The summed E-state index contributed by atoms with van der Waals surface area (Å²) in [6.45, 7) is 5.98. The van der Waals surface area contributed by atoms with E-state index in [0.717, 1.165) is 37.1 Å². The van der Waals surface area contributed by atoms with Crippen LogP contribution in [0.2, 0.25) is 0 Å². The number of piperidine rings is 1. The minimum atomic E-state index is 0. The molecule has 1 aromatic carbocycles. The van der Waals surface area contributed by atoms with Crippen molar-refractivity contribution in [3.63, 3.8) is 0 Å². The van der Waals surface area contributed by atoms with E-state index in [1.165, 1.54) is 5.56 Å². The molecule has 1 saturated heterocycles. The largest absolute Gasteiger partial charge is 0.348 e. The topological polar surface area (TPSA) is 41.1 Å². The molecule has 1 fully saturated rings. The summed E-state index contributed by atoms with van der Waals surface area (Å²) in [4.78, 5) is 12.1. The Morgan fingerprint density at radius 2 is 2.17 bits per heavy atom. The second-order valence-electron chi connectivity index (χ2n) is 4.84. The van der Waals surface area contributed by atoms with Crippen LogP contribution in [0.1, 0.15) is 34.3 Å². The van der Waals surface area contributed by atoms with Crippen LogP contribution in [0.5, 0.6) is 0 Å². The Morgan fingerprint density at radius 1 is 1.39 bits per heavy atom. The van der Waals surface area contributed by atoms with Crippen molar-refractivity contribution in [2.75, 3.05) is 13.1 Å². The lowest BCUT2D eigenvalue weighted by Gasteiger charge is -2.24. The molecule has 3 nitrogen and oxygen atoms in total. The number of aryl methyl sites for hydroxylation is 2. The summed E-state index contributed by atoms with van der Waals surface area (Å²) in [7, 11) is 0. The van der Waals surface area contributed by atoms with Crippen molar-refractivity contribution in [2.24, 2.45) is 0 Å². The van der Waals surface area contributed by atoms with Gasteiger partial charge in [0.25, 0.3) is 5.91 Å². The molecule has 0 radical (unpaired) electrons. The predicted molar refractivity (Wildman–Crippen MR) is 76.5 cm³/mol. The molecule has 1 aliphatic heterocycles. The van der Waals surface area contributed by atoms with Crippen molar-refractivity contribution in [1.29, 1.82) is 0 Å². The molecular formula is C14H21ClN2O. The van der Waals surface area contributed by atoms with Gasteiger partial charge in [-0.2, -0.15) is 0 Å². The van der Waals surface area contributed by atoms with E-state index in [1.807, 2.05) is 32.0 Å². The maximum atomic E-state index is 12.1. The smallest absolute Gasteiger partial charge is 0.251 e. The first-order valence-electron chi connectivity index (χ1n) is 6.25. The molecule has 0 aliphatic carbocycles. The summed E-state index contributed by atoms with van der Waals surface area (Å²) < 4.78 is 0. The number of hydrogen-bond donors (Lipinski definition) is 2. The fraction of sp³-hybridized carbons (Fsp3) is 0.500. The average molecular weight is 269 g/mol. The molecule has 2 rings (SSSR count). The van der Waals surface area contributed by atoms with Crippen molar-refractivity contribution in [1.82, 2.24) is 10.6 Å². The van der Waals surface area contributed by atoms with Gasteiger partial charge in [0.05, 0.1) is 0 Å². The monoisotopic (exact) mass is 268 g/mol. The van der Waals surface area contributed by atoms with Gasteiger partial charge in [-0.3, -0.25) is 4.79 Å². The SMILES string of the molecule is Cc1ccc(C(=O)N[C@@H]2CCCNC2)c(C)c1.Cl. The van der Waals surface area contributed by atoms with Gasteiger partial charge in [-0.15, -0.1) is 12.4 Å². The van der Waals surface area contributed by atoms with E-state index in [4.69, 9.17) is 0 Å². The van der Waals surface area contributed by atoms with Crippen LogP contribution in [0, 0.1) is 13.8 Å². The third kappa shape index (κ3) is 3.72. The third-order valence-corrected chi connectivity index (χ3v) is 3.26. The van der Waals surface area contributed by atoms with E-state index in [-0.39, 0.29) is 24.4 Å². The fourth-order valence-electron chi connectivity index (χ4n) is 2.31. The molecular weight excluding hydrogens is 248 g/mol. The maximum absolute atomic E-state index is 12.1. The lowest BCUT2D eigenvalue weighted by atomic mass is 10.0. The van der Waals surface area contributed by atoms with E-state index in [2.05, 4.69) is 10.6 Å². The van der Waals surface area contributed by atoms with E-state index in [9.17, 15) is 4.79 Å². The minimum Gasteiger partial charge on any atom is -0.348 e. The average Bonchev–Trinajstić information content (AvgIpc) is 2.30. The van der Waals surface area contributed by atoms with Crippen LogP contribution in [0.4, 0.5) is 0 Å². The lowest BCUT2D eigenvalue weighted by molar-refractivity contribution is 0.0930. The Kier molecular flexibility index (Phi) is 5.63. The normalized spacial score (nSPS) is 18.9. The number of halogens is 1. The molecule has 1 amide bonds. The molecule has 0 unspecified atom stereocenters. The summed E-state index contributed by atoms with van der Waals surface area (Å²) in [6.07, 6.45) is 2.21. The van der Waals surface area contributed by atoms with Crippen LogP contribution < -0.4 is 10.6 Å². The number of carbonyl (C=O) groups is 1. The van der Waals surface area contributed by atoms with Gasteiger partial charge in [0, 0.05) is 18.2 Å². The number of rotatable bonds is 2. The van der Waals surface area contributed by atoms with Crippen molar-refractivity contribution in [3.8, 4) is 0 Å². The summed E-state index contributed by atoms with van der Waals surface area (Å²) in [6, 6.07) is 6.22. The summed E-state index contributed by atoms with van der Waals surface area (Å²) in [5.74, 6) is 0.0520. The standard InChI is InChI=1S/C14H20N2O.ClH/c1-10-5-6-13(11(2)8-10)14(17)16-12-4-3-7-15-9-12;/h5-6,8,12,15H,3-4,7,9H2,1-2H3,(H,16,17);1H/t12-;/m1./s1. The second kappa shape index (κ2) is 6.76. The third-order valence-electron chi connectivity index (χ3n) is 3.26. The first-order chi connectivity index (χ1) is 8.16. The van der Waals surface area contributed by atoms with Crippen LogP contribution in [-0.4, -0.2) is 25.0 Å². The van der Waals surface area contributed by atoms with Gasteiger partial charge in [-0.1, -0.05) is 17.7 Å². The molecule has 0 spiro atoms. The molecule has 0 bridgehead atoms. The zero-order valence-electron chi connectivity index (χ0n) is 11.0. The fourth-order valence-corrected chi connectivity index (χ4v) is 2.31. The number of amides is 1. The van der Waals surface area contributed by atoms with Crippen LogP contribution in [0.3, 0.4) is 0 Å². The quantitative estimate of drug-likeness (QED) is 0.864. The van der Waals surface area contributed by atoms with Gasteiger partial charge in [0.2, 0.25) is 0 Å². The Balaban J connectivity index is 0.00000162. The first-order valence-corrected chi connectivity index (χ1v) is 6.25. The number of benzene rings is 1. The maximum Gasteiger partial charge on any atom is 0.251 e. The molecule has 1 aromatic rings. The molecule has 4 heteroatoms. The van der Waals surface area contributed by atoms with E-state index in [0.29, 0.717) is 0 Å². The highest BCUT2D eigenvalue weighted by Gasteiger charge is 2.17. The Morgan fingerprint density at radius 3 is 2.78 bits per heavy atom. The van der Waals surface area contributed by atoms with Gasteiger partial charge in [0.1, 0.15) is 0 Å². The van der Waals surface area contributed by atoms with Gasteiger partial charge < -0.3 is 10.6 Å². The van der Waals surface area contributed by atoms with E-state index < -0.39 is 0 Å². The molecule has 100 valence electrons. The zero-order valence-corrected chi connectivity index (χ0v) is 11.8. The van der Waals surface area contributed by atoms with E-state index in [1.54, 1.807) is 0 Å². The second-order valence-corrected chi connectivity index (χ2v) is 4.84. The van der Waals surface area contributed by atoms with Crippen LogP contribution in [0.15, 0.2) is 18.2 Å². The lowest BCUT2D eigenvalue weighted by Crippen LogP contribution is -2.45. The van der Waals surface area contributed by atoms with Crippen molar-refractivity contribution < 1.29 is 4.79 Å². The highest BCUT2D eigenvalue weighted by molar-refractivity contribution is 5.95. The molecule has 18 heavy (non-hydrogen) atoms. The van der Waals surface area contributed by atoms with Gasteiger partial charge >= 0.3 is 0 Å². The Hall–Kier alpha value is -1.06. The predicted octanol–water partition coefficient (Wildman–Crippen LogP) is 2.21. The molecule has 1 heterocycles. The van der Waals surface area contributed by atoms with Crippen molar-refractivity contribution in [3.05, 3.63) is 34.9 Å². The Labute approximate surface area is 115 Å². The summed E-state index contributed by atoms with van der Waals surface area (Å²) in [5, 5.41) is 6.39. The molecule has 0 saturated carbocycles. The van der Waals surface area contributed by atoms with Crippen LogP contribution >= 0.6 is 12.4 Å². The van der Waals surface area contributed by atoms with E-state index >= 15 is 0 Å². The van der Waals surface area contributed by atoms with Crippen molar-refractivity contribution in [2.45, 2.75) is 32.7 Å². The molecule has 1 atom stereocenters. The molecule has 0 aromatic heterocycles. The zero-order chi connectivity index (χ0) is 12.3. The van der Waals surface area contributed by atoms with Crippen LogP contribution in [0.25, 0.3) is 0 Å². The van der Waals surface area contributed by atoms with Gasteiger partial charge in [-0.05, 0) is 44.9 Å². The number of carbonyl (C=O) groups excluding carboxylic acids is 1. The van der Waals surface area contributed by atoms with Gasteiger partial charge in [-0.25, -0.2) is 0 Å². The summed E-state index contributed by atoms with van der Waals surface area (Å²) >= 11 is 0. The van der Waals surface area contributed by atoms with Crippen molar-refractivity contribution >= 4 is 18.3 Å².